The van der Waals surface area contributed by atoms with Crippen LogP contribution in [0.4, 0.5) is 0 Å². The summed E-state index contributed by atoms with van der Waals surface area (Å²) in [7, 11) is 0. The predicted molar refractivity (Wildman–Crippen MR) is 118 cm³/mol. The lowest BCUT2D eigenvalue weighted by atomic mass is 10.1. The zero-order chi connectivity index (χ0) is 21.3. The van der Waals surface area contributed by atoms with Gasteiger partial charge in [0.1, 0.15) is 0 Å². The lowest BCUT2D eigenvalue weighted by Crippen LogP contribution is -2.19. The quantitative estimate of drug-likeness (QED) is 0.383. The van der Waals surface area contributed by atoms with E-state index < -0.39 is 0 Å². The predicted octanol–water partition coefficient (Wildman–Crippen LogP) is 3.98. The van der Waals surface area contributed by atoms with E-state index in [0.717, 1.165) is 15.8 Å². The minimum atomic E-state index is -0.355. The molecule has 0 unspecified atom stereocenters. The Labute approximate surface area is 179 Å². The molecule has 1 aromatic heterocycles. The van der Waals surface area contributed by atoms with Crippen molar-refractivity contribution in [3.05, 3.63) is 64.5 Å². The van der Waals surface area contributed by atoms with Gasteiger partial charge in [-0.25, -0.2) is 4.79 Å². The molecule has 2 aromatic carbocycles. The van der Waals surface area contributed by atoms with Crippen molar-refractivity contribution in [1.82, 2.24) is 4.57 Å². The SMILES string of the molecule is CCOCCn1c(=NC(=O)CCc2ccccc2)sc2cc(C(=O)OCC)ccc21. The Kier molecular flexibility index (Phi) is 7.93. The fraction of sp³-hybridized carbons (Fsp3) is 0.348. The van der Waals surface area contributed by atoms with Crippen LogP contribution in [0.5, 0.6) is 0 Å². The Morgan fingerprint density at radius 1 is 1.07 bits per heavy atom. The molecule has 0 saturated carbocycles. The zero-order valence-electron chi connectivity index (χ0n) is 17.3. The molecule has 0 bridgehead atoms. The molecule has 0 N–H and O–H groups in total. The van der Waals surface area contributed by atoms with E-state index in [9.17, 15) is 9.59 Å². The number of fused-ring (bicyclic) bond motifs is 1. The largest absolute Gasteiger partial charge is 0.462 e. The highest BCUT2D eigenvalue weighted by atomic mass is 32.1. The van der Waals surface area contributed by atoms with Gasteiger partial charge in [0.2, 0.25) is 5.91 Å². The summed E-state index contributed by atoms with van der Waals surface area (Å²) >= 11 is 1.39. The molecular weight excluding hydrogens is 400 g/mol. The number of benzene rings is 2. The number of aryl methyl sites for hydroxylation is 1. The molecule has 0 aliphatic carbocycles. The van der Waals surface area contributed by atoms with Gasteiger partial charge in [0.15, 0.2) is 4.80 Å². The topological polar surface area (TPSA) is 69.9 Å². The molecule has 1 amide bonds. The summed E-state index contributed by atoms with van der Waals surface area (Å²) in [4.78, 5) is 29.6. The van der Waals surface area contributed by atoms with Gasteiger partial charge in [-0.15, -0.1) is 0 Å². The molecule has 0 fully saturated rings. The van der Waals surface area contributed by atoms with Crippen molar-refractivity contribution >= 4 is 33.4 Å². The van der Waals surface area contributed by atoms with E-state index in [0.29, 0.717) is 49.6 Å². The van der Waals surface area contributed by atoms with E-state index in [4.69, 9.17) is 9.47 Å². The second-order valence-electron chi connectivity index (χ2n) is 6.63. The van der Waals surface area contributed by atoms with Crippen molar-refractivity contribution in [3.63, 3.8) is 0 Å². The number of rotatable bonds is 9. The van der Waals surface area contributed by atoms with Crippen molar-refractivity contribution < 1.29 is 19.1 Å². The second-order valence-corrected chi connectivity index (χ2v) is 7.64. The van der Waals surface area contributed by atoms with Crippen molar-refractivity contribution in [3.8, 4) is 0 Å². The first kappa shape index (κ1) is 21.9. The van der Waals surface area contributed by atoms with E-state index in [1.165, 1.54) is 11.3 Å². The number of amides is 1. The van der Waals surface area contributed by atoms with Crippen molar-refractivity contribution in [2.24, 2.45) is 4.99 Å². The summed E-state index contributed by atoms with van der Waals surface area (Å²) in [5.41, 5.74) is 2.52. The van der Waals surface area contributed by atoms with Crippen molar-refractivity contribution in [1.29, 1.82) is 0 Å². The number of hydrogen-bond donors (Lipinski definition) is 0. The Balaban J connectivity index is 1.89. The van der Waals surface area contributed by atoms with E-state index >= 15 is 0 Å². The van der Waals surface area contributed by atoms with Crippen LogP contribution in [-0.2, 0) is 27.2 Å². The number of aromatic nitrogens is 1. The molecule has 3 rings (SSSR count). The first-order valence-corrected chi connectivity index (χ1v) is 10.9. The average Bonchev–Trinajstić information content (AvgIpc) is 3.09. The molecule has 3 aromatic rings. The van der Waals surface area contributed by atoms with Gasteiger partial charge < -0.3 is 14.0 Å². The molecule has 6 nitrogen and oxygen atoms in total. The highest BCUT2D eigenvalue weighted by Gasteiger charge is 2.12. The van der Waals surface area contributed by atoms with Gasteiger partial charge in [0.25, 0.3) is 0 Å². The molecule has 0 radical (unpaired) electrons. The highest BCUT2D eigenvalue weighted by molar-refractivity contribution is 7.16. The summed E-state index contributed by atoms with van der Waals surface area (Å²) in [6.07, 6.45) is 0.998. The normalized spacial score (nSPS) is 11.7. The Hall–Kier alpha value is -2.77. The minimum Gasteiger partial charge on any atom is -0.462 e. The molecule has 0 aliphatic heterocycles. The maximum absolute atomic E-state index is 12.5. The fourth-order valence-corrected chi connectivity index (χ4v) is 4.19. The summed E-state index contributed by atoms with van der Waals surface area (Å²) in [5, 5.41) is 0. The van der Waals surface area contributed by atoms with Crippen LogP contribution in [0.2, 0.25) is 0 Å². The maximum atomic E-state index is 12.5. The molecule has 0 aliphatic rings. The first-order valence-electron chi connectivity index (χ1n) is 10.1. The Morgan fingerprint density at radius 3 is 2.60 bits per heavy atom. The number of thiazole rings is 1. The van der Waals surface area contributed by atoms with Gasteiger partial charge >= 0.3 is 5.97 Å². The number of carbonyl (C=O) groups excluding carboxylic acids is 2. The van der Waals surface area contributed by atoms with Crippen LogP contribution in [0.3, 0.4) is 0 Å². The Bertz CT molecular complexity index is 1070. The van der Waals surface area contributed by atoms with Gasteiger partial charge in [0.05, 0.1) is 29.0 Å². The number of nitrogens with zero attached hydrogens (tertiary/aromatic N) is 2. The molecular formula is C23H26N2O4S. The summed E-state index contributed by atoms with van der Waals surface area (Å²) in [6.45, 7) is 5.77. The van der Waals surface area contributed by atoms with E-state index in [1.54, 1.807) is 19.1 Å². The minimum absolute atomic E-state index is 0.166. The van der Waals surface area contributed by atoms with Gasteiger partial charge in [0, 0.05) is 19.6 Å². The van der Waals surface area contributed by atoms with Gasteiger partial charge in [-0.05, 0) is 44.0 Å². The summed E-state index contributed by atoms with van der Waals surface area (Å²) in [5.74, 6) is -0.521. The molecule has 0 spiro atoms. The molecule has 0 atom stereocenters. The molecule has 7 heteroatoms. The lowest BCUT2D eigenvalue weighted by molar-refractivity contribution is -0.118. The summed E-state index contributed by atoms with van der Waals surface area (Å²) in [6, 6.07) is 15.3. The number of ether oxygens (including phenoxy) is 2. The van der Waals surface area contributed by atoms with E-state index in [1.807, 2.05) is 47.9 Å². The molecule has 30 heavy (non-hydrogen) atoms. The maximum Gasteiger partial charge on any atom is 0.338 e. The molecule has 0 saturated heterocycles. The van der Waals surface area contributed by atoms with Crippen LogP contribution in [0, 0.1) is 0 Å². The highest BCUT2D eigenvalue weighted by Crippen LogP contribution is 2.20. The third kappa shape index (κ3) is 5.64. The third-order valence-electron chi connectivity index (χ3n) is 4.55. The number of esters is 1. The summed E-state index contributed by atoms with van der Waals surface area (Å²) < 4.78 is 13.4. The van der Waals surface area contributed by atoms with Gasteiger partial charge in [-0.1, -0.05) is 41.7 Å². The van der Waals surface area contributed by atoms with Gasteiger partial charge in [-0.2, -0.15) is 4.99 Å². The van der Waals surface area contributed by atoms with Crippen LogP contribution in [0.15, 0.2) is 53.5 Å². The number of carbonyl (C=O) groups is 2. The Morgan fingerprint density at radius 2 is 1.87 bits per heavy atom. The second kappa shape index (κ2) is 10.8. The number of hydrogen-bond acceptors (Lipinski definition) is 5. The van der Waals surface area contributed by atoms with Crippen LogP contribution < -0.4 is 4.80 Å². The smallest absolute Gasteiger partial charge is 0.338 e. The van der Waals surface area contributed by atoms with E-state index in [2.05, 4.69) is 4.99 Å². The molecule has 1 heterocycles. The van der Waals surface area contributed by atoms with Crippen molar-refractivity contribution in [2.45, 2.75) is 33.2 Å². The zero-order valence-corrected chi connectivity index (χ0v) is 18.1. The van der Waals surface area contributed by atoms with E-state index in [-0.39, 0.29) is 11.9 Å². The lowest BCUT2D eigenvalue weighted by Gasteiger charge is -2.06. The van der Waals surface area contributed by atoms with Crippen LogP contribution >= 0.6 is 11.3 Å². The van der Waals surface area contributed by atoms with Gasteiger partial charge in [-0.3, -0.25) is 4.79 Å². The fourth-order valence-electron chi connectivity index (χ4n) is 3.07. The molecule has 158 valence electrons. The van der Waals surface area contributed by atoms with Crippen LogP contribution in [0.25, 0.3) is 10.2 Å². The average molecular weight is 427 g/mol. The van der Waals surface area contributed by atoms with Crippen molar-refractivity contribution in [2.75, 3.05) is 19.8 Å². The standard InChI is InChI=1S/C23H26N2O4S/c1-3-28-15-14-25-19-12-11-18(22(27)29-4-2)16-20(19)30-23(25)24-21(26)13-10-17-8-6-5-7-9-17/h5-9,11-12,16H,3-4,10,13-15H2,1-2H3. The third-order valence-corrected chi connectivity index (χ3v) is 5.59. The van der Waals surface area contributed by atoms with Crippen LogP contribution in [-0.4, -0.2) is 36.3 Å². The van der Waals surface area contributed by atoms with Crippen LogP contribution in [0.1, 0.15) is 36.2 Å². The first-order chi connectivity index (χ1) is 14.6. The monoisotopic (exact) mass is 426 g/mol.